The van der Waals surface area contributed by atoms with Gasteiger partial charge in [-0.1, -0.05) is 24.3 Å². The third-order valence-corrected chi connectivity index (χ3v) is 4.05. The number of carboxylic acid groups (broad SMARTS) is 2. The lowest BCUT2D eigenvalue weighted by atomic mass is 10.1. The molecule has 0 saturated heterocycles. The summed E-state index contributed by atoms with van der Waals surface area (Å²) >= 11 is 0. The summed E-state index contributed by atoms with van der Waals surface area (Å²) in [6.07, 6.45) is 0. The average molecular weight is 474 g/mol. The van der Waals surface area contributed by atoms with E-state index in [2.05, 4.69) is 13.2 Å². The number of hydrogen-bond donors (Lipinski definition) is 2. The minimum atomic E-state index is -1.22. The highest BCUT2D eigenvalue weighted by Crippen LogP contribution is 2.11. The van der Waals surface area contributed by atoms with E-state index in [1.807, 2.05) is 0 Å². The molecule has 2 N–H and O–H groups in total. The fraction of sp³-hybridized carbons (Fsp3) is 0.250. The van der Waals surface area contributed by atoms with Crippen LogP contribution in [0.3, 0.4) is 0 Å². The van der Waals surface area contributed by atoms with Gasteiger partial charge in [-0.05, 0) is 24.3 Å². The maximum absolute atomic E-state index is 12.0. The van der Waals surface area contributed by atoms with Crippen LogP contribution in [0, 0.1) is 0 Å². The zero-order valence-electron chi connectivity index (χ0n) is 18.4. The quantitative estimate of drug-likeness (QED) is 0.252. The molecule has 0 radical (unpaired) electrons. The molecule has 34 heavy (non-hydrogen) atoms. The molecule has 2 aromatic carbocycles. The van der Waals surface area contributed by atoms with E-state index in [9.17, 15) is 19.2 Å². The summed E-state index contributed by atoms with van der Waals surface area (Å²) < 4.78 is 20.5. The number of rotatable bonds is 13. The fourth-order valence-corrected chi connectivity index (χ4v) is 2.56. The molecule has 0 amide bonds. The van der Waals surface area contributed by atoms with Crippen LogP contribution in [0.1, 0.15) is 41.4 Å². The van der Waals surface area contributed by atoms with Crippen LogP contribution in [0.15, 0.2) is 61.7 Å². The number of carbonyl (C=O) groups excluding carboxylic acids is 2. The van der Waals surface area contributed by atoms with Gasteiger partial charge in [-0.25, -0.2) is 19.2 Å². The number of hydrogen-bond acceptors (Lipinski definition) is 8. The topological polar surface area (TPSA) is 146 Å². The van der Waals surface area contributed by atoms with Crippen molar-refractivity contribution >= 4 is 23.9 Å². The molecule has 0 bridgehead atoms. The zero-order valence-corrected chi connectivity index (χ0v) is 18.4. The SMILES string of the molecule is C=C.O=C(O)c1ccccc1C(=O)OCCOCCOCCOC(=O)c1ccccc1C(=O)O. The van der Waals surface area contributed by atoms with Crippen LogP contribution in [-0.2, 0) is 18.9 Å². The Hall–Kier alpha value is -4.02. The first-order valence-electron chi connectivity index (χ1n) is 10.1. The maximum Gasteiger partial charge on any atom is 0.339 e. The Morgan fingerprint density at radius 2 is 0.853 bits per heavy atom. The van der Waals surface area contributed by atoms with E-state index in [-0.39, 0.29) is 61.9 Å². The van der Waals surface area contributed by atoms with Crippen LogP contribution in [0.4, 0.5) is 0 Å². The van der Waals surface area contributed by atoms with E-state index < -0.39 is 23.9 Å². The van der Waals surface area contributed by atoms with E-state index in [4.69, 9.17) is 29.2 Å². The molecule has 0 aromatic heterocycles. The number of carbonyl (C=O) groups is 4. The van der Waals surface area contributed by atoms with Crippen LogP contribution >= 0.6 is 0 Å². The van der Waals surface area contributed by atoms with Gasteiger partial charge in [0.2, 0.25) is 0 Å². The Kier molecular flexibility index (Phi) is 13.0. The van der Waals surface area contributed by atoms with Gasteiger partial charge in [0.15, 0.2) is 0 Å². The molecule has 2 rings (SSSR count). The number of ether oxygens (including phenoxy) is 4. The second-order valence-corrected chi connectivity index (χ2v) is 6.20. The molecule has 0 fully saturated rings. The summed E-state index contributed by atoms with van der Waals surface area (Å²) in [5.41, 5.74) is -0.356. The summed E-state index contributed by atoms with van der Waals surface area (Å²) in [7, 11) is 0. The molecule has 0 unspecified atom stereocenters. The molecule has 0 spiro atoms. The van der Waals surface area contributed by atoms with Crippen molar-refractivity contribution in [2.45, 2.75) is 0 Å². The molecule has 0 aliphatic rings. The van der Waals surface area contributed by atoms with Crippen molar-refractivity contribution < 1.29 is 48.3 Å². The first-order chi connectivity index (χ1) is 16.4. The van der Waals surface area contributed by atoms with Gasteiger partial charge in [0, 0.05) is 0 Å². The van der Waals surface area contributed by atoms with Crippen LogP contribution in [0.5, 0.6) is 0 Å². The van der Waals surface area contributed by atoms with Gasteiger partial charge < -0.3 is 29.2 Å². The first kappa shape index (κ1) is 28.0. The van der Waals surface area contributed by atoms with E-state index in [1.54, 1.807) is 12.1 Å². The number of carboxylic acids is 2. The van der Waals surface area contributed by atoms with Crippen molar-refractivity contribution in [3.8, 4) is 0 Å². The lowest BCUT2D eigenvalue weighted by Crippen LogP contribution is -2.17. The van der Waals surface area contributed by atoms with Crippen molar-refractivity contribution in [3.63, 3.8) is 0 Å². The largest absolute Gasteiger partial charge is 0.478 e. The predicted octanol–water partition coefficient (Wildman–Crippen LogP) is 2.93. The van der Waals surface area contributed by atoms with Crippen LogP contribution in [0.25, 0.3) is 0 Å². The average Bonchev–Trinajstić information content (AvgIpc) is 2.86. The van der Waals surface area contributed by atoms with E-state index in [0.29, 0.717) is 0 Å². The Labute approximate surface area is 196 Å². The molecule has 10 nitrogen and oxygen atoms in total. The molecular formula is C24H26O10. The minimum Gasteiger partial charge on any atom is -0.478 e. The van der Waals surface area contributed by atoms with Gasteiger partial charge in [-0.3, -0.25) is 0 Å². The highest BCUT2D eigenvalue weighted by atomic mass is 16.6. The van der Waals surface area contributed by atoms with Gasteiger partial charge in [0.25, 0.3) is 0 Å². The molecule has 182 valence electrons. The Morgan fingerprint density at radius 1 is 0.559 bits per heavy atom. The summed E-state index contributed by atoms with van der Waals surface area (Å²) in [6.45, 7) is 6.44. The van der Waals surface area contributed by atoms with E-state index >= 15 is 0 Å². The smallest absolute Gasteiger partial charge is 0.339 e. The van der Waals surface area contributed by atoms with Crippen LogP contribution < -0.4 is 0 Å². The molecule has 10 heteroatoms. The van der Waals surface area contributed by atoms with Gasteiger partial charge in [-0.15, -0.1) is 13.2 Å². The number of esters is 2. The molecular weight excluding hydrogens is 448 g/mol. The first-order valence-corrected chi connectivity index (χ1v) is 10.1. The summed E-state index contributed by atoms with van der Waals surface area (Å²) in [5, 5.41) is 18.1. The normalized spacial score (nSPS) is 9.88. The Morgan fingerprint density at radius 3 is 1.18 bits per heavy atom. The number of aromatic carboxylic acids is 2. The molecule has 0 heterocycles. The predicted molar refractivity (Wildman–Crippen MR) is 120 cm³/mol. The monoisotopic (exact) mass is 474 g/mol. The van der Waals surface area contributed by atoms with Crippen molar-refractivity contribution in [2.75, 3.05) is 39.6 Å². The lowest BCUT2D eigenvalue weighted by Gasteiger charge is -2.09. The molecule has 0 atom stereocenters. The Bertz CT molecular complexity index is 892. The third-order valence-electron chi connectivity index (χ3n) is 4.05. The van der Waals surface area contributed by atoms with Crippen molar-refractivity contribution in [3.05, 3.63) is 83.9 Å². The van der Waals surface area contributed by atoms with Gasteiger partial charge in [-0.2, -0.15) is 0 Å². The van der Waals surface area contributed by atoms with Gasteiger partial charge >= 0.3 is 23.9 Å². The van der Waals surface area contributed by atoms with Crippen molar-refractivity contribution in [1.82, 2.24) is 0 Å². The summed E-state index contributed by atoms with van der Waals surface area (Å²) in [6, 6.07) is 11.5. The summed E-state index contributed by atoms with van der Waals surface area (Å²) in [5.74, 6) is -3.95. The van der Waals surface area contributed by atoms with Crippen molar-refractivity contribution in [1.29, 1.82) is 0 Å². The second-order valence-electron chi connectivity index (χ2n) is 6.20. The highest BCUT2D eigenvalue weighted by molar-refractivity contribution is 6.03. The zero-order chi connectivity index (χ0) is 25.3. The lowest BCUT2D eigenvalue weighted by molar-refractivity contribution is 0.00220. The van der Waals surface area contributed by atoms with Crippen LogP contribution in [-0.4, -0.2) is 73.7 Å². The highest BCUT2D eigenvalue weighted by Gasteiger charge is 2.17. The fourth-order valence-electron chi connectivity index (χ4n) is 2.56. The molecule has 0 saturated carbocycles. The molecule has 0 aliphatic heterocycles. The minimum absolute atomic E-state index is 0.0381. The van der Waals surface area contributed by atoms with Gasteiger partial charge in [0.1, 0.15) is 13.2 Å². The second kappa shape index (κ2) is 15.7. The number of benzene rings is 2. The molecule has 0 aliphatic carbocycles. The standard InChI is InChI=1S/C22H22O10.C2H4/c23-19(24)15-5-1-3-7-17(15)21(27)31-13-11-29-9-10-30-12-14-32-22(28)18-8-4-2-6-16(18)20(25)26;1-2/h1-8H,9-14H2,(H,23,24)(H,25,26);1-2H2. The Balaban J connectivity index is 0.00000281. The van der Waals surface area contributed by atoms with E-state index in [1.165, 1.54) is 36.4 Å². The van der Waals surface area contributed by atoms with Crippen molar-refractivity contribution in [2.24, 2.45) is 0 Å². The molecule has 2 aromatic rings. The van der Waals surface area contributed by atoms with E-state index in [0.717, 1.165) is 0 Å². The maximum atomic E-state index is 12.0. The third kappa shape index (κ3) is 9.23. The summed E-state index contributed by atoms with van der Waals surface area (Å²) in [4.78, 5) is 46.1. The van der Waals surface area contributed by atoms with Crippen LogP contribution in [0.2, 0.25) is 0 Å². The van der Waals surface area contributed by atoms with Gasteiger partial charge in [0.05, 0.1) is 48.7 Å².